The van der Waals surface area contributed by atoms with E-state index in [0.717, 1.165) is 25.9 Å². The topological polar surface area (TPSA) is 91.3 Å². The van der Waals surface area contributed by atoms with E-state index in [-0.39, 0.29) is 6.29 Å². The number of methoxy groups -OCH3 is 1. The number of hydrogen-bond acceptors (Lipinski definition) is 9. The van der Waals surface area contributed by atoms with Crippen molar-refractivity contribution < 1.29 is 14.2 Å². The van der Waals surface area contributed by atoms with Gasteiger partial charge in [-0.25, -0.2) is 9.97 Å². The molecule has 0 spiro atoms. The van der Waals surface area contributed by atoms with Crippen molar-refractivity contribution in [3.8, 4) is 23.0 Å². The summed E-state index contributed by atoms with van der Waals surface area (Å²) in [5, 5.41) is 3.78. The van der Waals surface area contributed by atoms with Crippen LogP contribution in [0.25, 0.3) is 11.5 Å². The minimum atomic E-state index is -0.179. The minimum absolute atomic E-state index is 0.179. The summed E-state index contributed by atoms with van der Waals surface area (Å²) in [5.41, 5.74) is 0.685. The van der Waals surface area contributed by atoms with Crippen LogP contribution >= 0.6 is 11.5 Å². The van der Waals surface area contributed by atoms with Gasteiger partial charge in [0.2, 0.25) is 5.13 Å². The van der Waals surface area contributed by atoms with E-state index in [9.17, 15) is 0 Å². The Kier molecular flexibility index (Phi) is 5.40. The molecule has 0 saturated carbocycles. The molecule has 3 aromatic rings. The Hall–Kier alpha value is -2.78. The number of ether oxygens (including phenoxy) is 3. The molecule has 0 aromatic carbocycles. The van der Waals surface area contributed by atoms with Gasteiger partial charge in [-0.3, -0.25) is 0 Å². The molecule has 8 nitrogen and oxygen atoms in total. The molecule has 1 aliphatic heterocycles. The highest BCUT2D eigenvalue weighted by atomic mass is 32.1. The highest BCUT2D eigenvalue weighted by Gasteiger charge is 2.15. The van der Waals surface area contributed by atoms with Crippen LogP contribution in [0.1, 0.15) is 19.3 Å². The number of aromatic nitrogens is 4. The number of hydrogen-bond donors (Lipinski definition) is 1. The summed E-state index contributed by atoms with van der Waals surface area (Å²) in [6.45, 7) is 0.750. The van der Waals surface area contributed by atoms with Gasteiger partial charge in [0.15, 0.2) is 12.1 Å². The summed E-state index contributed by atoms with van der Waals surface area (Å²) >= 11 is 1.25. The molecule has 1 unspecified atom stereocenters. The van der Waals surface area contributed by atoms with E-state index in [0.29, 0.717) is 34.0 Å². The lowest BCUT2D eigenvalue weighted by Gasteiger charge is -2.23. The van der Waals surface area contributed by atoms with E-state index >= 15 is 0 Å². The maximum atomic E-state index is 5.78. The van der Waals surface area contributed by atoms with Gasteiger partial charge >= 0.3 is 0 Å². The third-order valence-corrected chi connectivity index (χ3v) is 4.63. The lowest BCUT2D eigenvalue weighted by atomic mass is 10.2. The molecular weight excluding hydrogens is 366 g/mol. The van der Waals surface area contributed by atoms with Crippen molar-refractivity contribution in [1.29, 1.82) is 0 Å². The Morgan fingerprint density at radius 2 is 2.00 bits per heavy atom. The van der Waals surface area contributed by atoms with Gasteiger partial charge in [-0.1, -0.05) is 0 Å². The first-order chi connectivity index (χ1) is 13.3. The summed E-state index contributed by atoms with van der Waals surface area (Å²) in [6, 6.07) is 7.35. The van der Waals surface area contributed by atoms with Gasteiger partial charge in [0, 0.05) is 18.0 Å². The predicted molar refractivity (Wildman–Crippen MR) is 101 cm³/mol. The van der Waals surface area contributed by atoms with Crippen molar-refractivity contribution >= 4 is 22.5 Å². The van der Waals surface area contributed by atoms with E-state index in [1.807, 2.05) is 24.3 Å². The Morgan fingerprint density at radius 3 is 2.70 bits per heavy atom. The van der Waals surface area contributed by atoms with E-state index in [2.05, 4.69) is 24.6 Å². The second-order valence-corrected chi connectivity index (χ2v) is 6.68. The largest absolute Gasteiger partial charge is 0.495 e. The summed E-state index contributed by atoms with van der Waals surface area (Å²) in [5.74, 6) is 2.60. The highest BCUT2D eigenvalue weighted by Crippen LogP contribution is 2.24. The molecule has 3 aromatic heterocycles. The van der Waals surface area contributed by atoms with Crippen molar-refractivity contribution in [3.05, 3.63) is 36.7 Å². The summed E-state index contributed by atoms with van der Waals surface area (Å²) in [6.07, 6.45) is 6.26. The third kappa shape index (κ3) is 4.50. The van der Waals surface area contributed by atoms with Gasteiger partial charge in [0.05, 0.1) is 26.1 Å². The molecule has 1 saturated heterocycles. The molecule has 9 heteroatoms. The normalized spacial score (nSPS) is 16.7. The van der Waals surface area contributed by atoms with Crippen LogP contribution in [0.2, 0.25) is 0 Å². The molecule has 27 heavy (non-hydrogen) atoms. The molecule has 1 aliphatic rings. The molecule has 0 radical (unpaired) electrons. The molecule has 0 bridgehead atoms. The average molecular weight is 385 g/mol. The van der Waals surface area contributed by atoms with Gasteiger partial charge in [0.25, 0.3) is 0 Å². The summed E-state index contributed by atoms with van der Waals surface area (Å²) in [7, 11) is 1.60. The Labute approximate surface area is 160 Å². The van der Waals surface area contributed by atoms with E-state index in [1.54, 1.807) is 19.5 Å². The number of anilines is 2. The maximum Gasteiger partial charge on any atom is 0.208 e. The van der Waals surface area contributed by atoms with Crippen LogP contribution in [-0.4, -0.2) is 39.3 Å². The smallest absolute Gasteiger partial charge is 0.208 e. The van der Waals surface area contributed by atoms with Gasteiger partial charge < -0.3 is 19.5 Å². The second kappa shape index (κ2) is 8.28. The van der Waals surface area contributed by atoms with E-state index in [1.165, 1.54) is 11.5 Å². The first-order valence-corrected chi connectivity index (χ1v) is 9.43. The molecule has 4 rings (SSSR count). The van der Waals surface area contributed by atoms with Crippen LogP contribution in [0.4, 0.5) is 10.9 Å². The van der Waals surface area contributed by atoms with Crippen LogP contribution < -0.4 is 14.8 Å². The maximum absolute atomic E-state index is 5.78. The molecule has 1 atom stereocenters. The Morgan fingerprint density at radius 1 is 1.11 bits per heavy atom. The van der Waals surface area contributed by atoms with E-state index < -0.39 is 0 Å². The van der Waals surface area contributed by atoms with Crippen LogP contribution in [0.5, 0.6) is 11.5 Å². The quantitative estimate of drug-likeness (QED) is 0.687. The van der Waals surface area contributed by atoms with Crippen molar-refractivity contribution in [2.75, 3.05) is 19.0 Å². The number of nitrogens with zero attached hydrogens (tertiary/aromatic N) is 4. The summed E-state index contributed by atoms with van der Waals surface area (Å²) < 4.78 is 20.8. The van der Waals surface area contributed by atoms with Crippen molar-refractivity contribution in [3.63, 3.8) is 0 Å². The first kappa shape index (κ1) is 17.6. The van der Waals surface area contributed by atoms with Crippen LogP contribution in [0.3, 0.4) is 0 Å². The Balaban J connectivity index is 1.38. The fourth-order valence-corrected chi connectivity index (χ4v) is 3.19. The zero-order valence-corrected chi connectivity index (χ0v) is 15.6. The standard InChI is InChI=1S/C18H19N5O3S/c1-24-12-5-7-14(19-10-12)17-22-18(27-23-17)21-15-8-6-13(11-20-15)26-16-4-2-3-9-25-16/h5-8,10-11,16H,2-4,9H2,1H3,(H,20,21,22,23). The lowest BCUT2D eigenvalue weighted by molar-refractivity contribution is -0.106. The monoisotopic (exact) mass is 385 g/mol. The molecule has 4 heterocycles. The number of rotatable bonds is 6. The number of pyridine rings is 2. The minimum Gasteiger partial charge on any atom is -0.495 e. The average Bonchev–Trinajstić information content (AvgIpc) is 3.19. The third-order valence-electron chi connectivity index (χ3n) is 4.00. The lowest BCUT2D eigenvalue weighted by Crippen LogP contribution is -2.25. The second-order valence-electron chi connectivity index (χ2n) is 5.92. The van der Waals surface area contributed by atoms with Gasteiger partial charge in [-0.15, -0.1) is 0 Å². The predicted octanol–water partition coefficient (Wildman–Crippen LogP) is 3.65. The van der Waals surface area contributed by atoms with Crippen LogP contribution in [0, 0.1) is 0 Å². The Bertz CT molecular complexity index is 863. The SMILES string of the molecule is COc1ccc(-c2nsc(Nc3ccc(OC4CCCCO4)cn3)n2)nc1. The van der Waals surface area contributed by atoms with Gasteiger partial charge in [0.1, 0.15) is 23.0 Å². The molecule has 140 valence electrons. The zero-order chi connectivity index (χ0) is 18.5. The molecule has 1 N–H and O–H groups in total. The fraction of sp³-hybridized carbons (Fsp3) is 0.333. The summed E-state index contributed by atoms with van der Waals surface area (Å²) in [4.78, 5) is 13.1. The van der Waals surface area contributed by atoms with Gasteiger partial charge in [-0.05, 0) is 37.1 Å². The molecule has 0 amide bonds. The highest BCUT2D eigenvalue weighted by molar-refractivity contribution is 7.09. The van der Waals surface area contributed by atoms with E-state index in [4.69, 9.17) is 14.2 Å². The molecule has 1 fully saturated rings. The zero-order valence-electron chi connectivity index (χ0n) is 14.8. The molecular formula is C18H19N5O3S. The van der Waals surface area contributed by atoms with Crippen molar-refractivity contribution in [2.24, 2.45) is 0 Å². The van der Waals surface area contributed by atoms with Gasteiger partial charge in [-0.2, -0.15) is 9.36 Å². The molecule has 0 aliphatic carbocycles. The fourth-order valence-electron chi connectivity index (χ4n) is 2.60. The van der Waals surface area contributed by atoms with Crippen LogP contribution in [0.15, 0.2) is 36.7 Å². The first-order valence-electron chi connectivity index (χ1n) is 8.65. The number of nitrogens with one attached hydrogen (secondary N) is 1. The van der Waals surface area contributed by atoms with Crippen LogP contribution in [-0.2, 0) is 4.74 Å². The van der Waals surface area contributed by atoms with Crippen molar-refractivity contribution in [1.82, 2.24) is 19.3 Å². The van der Waals surface area contributed by atoms with Crippen molar-refractivity contribution in [2.45, 2.75) is 25.6 Å².